The highest BCUT2D eigenvalue weighted by Crippen LogP contribution is 2.33. The van der Waals surface area contributed by atoms with E-state index in [1.165, 1.54) is 12.7 Å². The van der Waals surface area contributed by atoms with Crippen LogP contribution in [0.1, 0.15) is 61.9 Å². The Labute approximate surface area is 305 Å². The van der Waals surface area contributed by atoms with E-state index in [2.05, 4.69) is 28.1 Å². The average molecular weight is 727 g/mol. The largest absolute Gasteiger partial charge is 0.491 e. The molecule has 286 valence electrons. The first kappa shape index (κ1) is 40.5. The summed E-state index contributed by atoms with van der Waals surface area (Å²) in [4.78, 5) is 53.2. The summed E-state index contributed by atoms with van der Waals surface area (Å²) in [6.07, 6.45) is 1.98. The Hall–Kier alpha value is -4.24. The lowest BCUT2D eigenvalue weighted by molar-refractivity contribution is -0.147. The molecule has 14 nitrogen and oxygen atoms in total. The fraction of sp³-hybridized carbons (Fsp3) is 0.579. The minimum absolute atomic E-state index is 0.145. The number of methoxy groups -OCH3 is 1. The number of carbonyl (C=O) groups is 4. The van der Waals surface area contributed by atoms with E-state index in [0.717, 1.165) is 36.0 Å². The smallest absolute Gasteiger partial charge is 0.404 e. The monoisotopic (exact) mass is 726 g/mol. The number of nitrogens with one attached hydrogen (secondary N) is 3. The molecule has 0 spiro atoms. The topological polar surface area (TPSA) is 174 Å². The summed E-state index contributed by atoms with van der Waals surface area (Å²) in [6.45, 7) is 8.24. The maximum atomic E-state index is 14.4. The summed E-state index contributed by atoms with van der Waals surface area (Å²) in [5, 5.41) is 16.9. The van der Waals surface area contributed by atoms with Gasteiger partial charge >= 0.3 is 6.09 Å². The Balaban J connectivity index is 1.38. The molecule has 0 bridgehead atoms. The quantitative estimate of drug-likeness (QED) is 0.158. The van der Waals surface area contributed by atoms with Crippen molar-refractivity contribution >= 4 is 23.8 Å². The summed E-state index contributed by atoms with van der Waals surface area (Å²) in [5.74, 6) is -0.355. The fourth-order valence-corrected chi connectivity index (χ4v) is 6.43. The van der Waals surface area contributed by atoms with Gasteiger partial charge < -0.3 is 49.6 Å². The zero-order valence-electron chi connectivity index (χ0n) is 30.7. The van der Waals surface area contributed by atoms with Gasteiger partial charge in [-0.1, -0.05) is 51.1 Å². The molecule has 0 fully saturated rings. The first-order valence-corrected chi connectivity index (χ1v) is 17.9. The van der Waals surface area contributed by atoms with Crippen molar-refractivity contribution in [2.45, 2.75) is 71.1 Å². The number of carboxylic acid groups (broad SMARTS) is 1. The number of carbonyl (C=O) groups excluding carboxylic acids is 3. The first-order valence-electron chi connectivity index (χ1n) is 17.9. The Bertz CT molecular complexity index is 1500. The van der Waals surface area contributed by atoms with Gasteiger partial charge in [-0.3, -0.25) is 14.4 Å². The third-order valence-electron chi connectivity index (χ3n) is 9.04. The maximum Gasteiger partial charge on any atom is 0.404 e. The second-order valence-corrected chi connectivity index (χ2v) is 14.0. The molecule has 0 aromatic heterocycles. The number of hydrogen-bond acceptors (Lipinski definition) is 9. The number of fused-ring (bicyclic) bond motifs is 2. The third kappa shape index (κ3) is 12.2. The van der Waals surface area contributed by atoms with Gasteiger partial charge in [0.2, 0.25) is 17.7 Å². The molecule has 4 rings (SSSR count). The second-order valence-electron chi connectivity index (χ2n) is 14.0. The number of hydrogen-bond donors (Lipinski definition) is 4. The minimum atomic E-state index is -1.08. The molecule has 2 aromatic carbocycles. The minimum Gasteiger partial charge on any atom is -0.491 e. The average Bonchev–Trinajstić information content (AvgIpc) is 3.11. The van der Waals surface area contributed by atoms with Crippen LogP contribution in [0.25, 0.3) is 0 Å². The first-order chi connectivity index (χ1) is 25.0. The number of nitrogens with zero attached hydrogens (tertiary/aromatic N) is 1. The van der Waals surface area contributed by atoms with Crippen molar-refractivity contribution in [1.82, 2.24) is 20.9 Å². The molecule has 2 aromatic rings. The van der Waals surface area contributed by atoms with Crippen LogP contribution in [-0.4, -0.2) is 112 Å². The molecule has 0 radical (unpaired) electrons. The molecule has 0 saturated heterocycles. The Morgan fingerprint density at radius 3 is 2.29 bits per heavy atom. The molecule has 1 aliphatic heterocycles. The van der Waals surface area contributed by atoms with Crippen LogP contribution in [-0.2, 0) is 52.7 Å². The molecule has 3 atom stereocenters. The summed E-state index contributed by atoms with van der Waals surface area (Å²) in [5.41, 5.74) is 3.51. The predicted octanol–water partition coefficient (Wildman–Crippen LogP) is 3.01. The molecule has 14 heteroatoms. The van der Waals surface area contributed by atoms with Gasteiger partial charge in [-0.05, 0) is 59.1 Å². The summed E-state index contributed by atoms with van der Waals surface area (Å²) >= 11 is 0. The van der Waals surface area contributed by atoms with Crippen LogP contribution in [0.4, 0.5) is 4.79 Å². The van der Waals surface area contributed by atoms with Crippen molar-refractivity contribution in [3.63, 3.8) is 0 Å². The molecule has 1 aliphatic carbocycles. The van der Waals surface area contributed by atoms with Crippen LogP contribution in [0, 0.1) is 5.41 Å². The molecule has 1 heterocycles. The van der Waals surface area contributed by atoms with E-state index in [4.69, 9.17) is 28.8 Å². The van der Waals surface area contributed by atoms with Crippen LogP contribution in [0.15, 0.2) is 42.5 Å². The van der Waals surface area contributed by atoms with Crippen molar-refractivity contribution in [1.29, 1.82) is 0 Å². The van der Waals surface area contributed by atoms with Crippen LogP contribution >= 0.6 is 0 Å². The van der Waals surface area contributed by atoms with Gasteiger partial charge in [-0.15, -0.1) is 0 Å². The van der Waals surface area contributed by atoms with Gasteiger partial charge in [0.05, 0.1) is 45.7 Å². The third-order valence-corrected chi connectivity index (χ3v) is 9.04. The van der Waals surface area contributed by atoms with Crippen molar-refractivity contribution < 1.29 is 48.0 Å². The molecular weight excluding hydrogens is 672 g/mol. The van der Waals surface area contributed by atoms with Crippen LogP contribution in [0.5, 0.6) is 5.75 Å². The van der Waals surface area contributed by atoms with E-state index in [1.54, 1.807) is 4.90 Å². The molecular formula is C38H54N4O10. The SMILES string of the molecule is COCC(=O)NC(C(=O)N1Cc2cc(OCCOCCOCCOCCNC(=O)O)ccc2CC1C(=O)N[C@@H]1CCCc2ccccc21)C(C)(C)C. The lowest BCUT2D eigenvalue weighted by atomic mass is 9.84. The van der Waals surface area contributed by atoms with Gasteiger partial charge in [0.1, 0.15) is 31.0 Å². The van der Waals surface area contributed by atoms with E-state index in [9.17, 15) is 19.2 Å². The molecule has 4 amide bonds. The van der Waals surface area contributed by atoms with Crippen molar-refractivity contribution in [3.8, 4) is 5.75 Å². The zero-order valence-corrected chi connectivity index (χ0v) is 30.7. The standard InChI is InChI=1S/C38H54N4O10/c1-38(2,3)34(41-33(43)25-48-4)36(45)42-24-28-22-29(52-21-20-51-19-18-50-17-16-49-15-14-39-37(46)47)13-12-27(28)23-32(42)35(44)40-31-11-7-9-26-8-5-6-10-30(26)31/h5-6,8,10,12-13,22,31-32,34,39H,7,9,11,14-21,23-25H2,1-4H3,(H,40,44)(H,41,43)(H,46,47)/t31-,32?,34?/m1/s1. The number of ether oxygens (including phenoxy) is 5. The van der Waals surface area contributed by atoms with E-state index in [-0.39, 0.29) is 44.2 Å². The van der Waals surface area contributed by atoms with Gasteiger partial charge in [0, 0.05) is 26.6 Å². The highest BCUT2D eigenvalue weighted by atomic mass is 16.6. The van der Waals surface area contributed by atoms with Crippen LogP contribution in [0.3, 0.4) is 0 Å². The summed E-state index contributed by atoms with van der Waals surface area (Å²) < 4.78 is 27.3. The summed E-state index contributed by atoms with van der Waals surface area (Å²) in [7, 11) is 1.42. The van der Waals surface area contributed by atoms with Gasteiger partial charge in [0.25, 0.3) is 0 Å². The summed E-state index contributed by atoms with van der Waals surface area (Å²) in [6, 6.07) is 12.1. The van der Waals surface area contributed by atoms with Crippen molar-refractivity contribution in [2.75, 3.05) is 66.5 Å². The number of benzene rings is 2. The number of aryl methyl sites for hydroxylation is 1. The maximum absolute atomic E-state index is 14.4. The predicted molar refractivity (Wildman–Crippen MR) is 192 cm³/mol. The van der Waals surface area contributed by atoms with Crippen molar-refractivity contribution in [3.05, 3.63) is 64.7 Å². The number of amides is 4. The Kier molecular flexibility index (Phi) is 15.7. The van der Waals surface area contributed by atoms with E-state index >= 15 is 0 Å². The van der Waals surface area contributed by atoms with E-state index in [0.29, 0.717) is 51.8 Å². The highest BCUT2D eigenvalue weighted by Gasteiger charge is 2.42. The van der Waals surface area contributed by atoms with Crippen molar-refractivity contribution in [2.24, 2.45) is 5.41 Å². The lowest BCUT2D eigenvalue weighted by Crippen LogP contribution is -2.61. The number of rotatable bonds is 19. The van der Waals surface area contributed by atoms with Crippen LogP contribution in [0.2, 0.25) is 0 Å². The van der Waals surface area contributed by atoms with E-state index < -0.39 is 29.5 Å². The molecule has 2 unspecified atom stereocenters. The molecule has 0 saturated carbocycles. The van der Waals surface area contributed by atoms with Gasteiger partial charge in [-0.2, -0.15) is 0 Å². The lowest BCUT2D eigenvalue weighted by Gasteiger charge is -2.41. The normalized spacial score (nSPS) is 17.3. The second kappa shape index (κ2) is 20.1. The van der Waals surface area contributed by atoms with E-state index in [1.807, 2.05) is 51.1 Å². The molecule has 2 aliphatic rings. The molecule has 4 N–H and O–H groups in total. The fourth-order valence-electron chi connectivity index (χ4n) is 6.43. The Morgan fingerprint density at radius 2 is 1.60 bits per heavy atom. The van der Waals surface area contributed by atoms with Gasteiger partial charge in [-0.25, -0.2) is 4.79 Å². The zero-order chi connectivity index (χ0) is 37.5. The molecule has 52 heavy (non-hydrogen) atoms. The van der Waals surface area contributed by atoms with Gasteiger partial charge in [0.15, 0.2) is 0 Å². The highest BCUT2D eigenvalue weighted by molar-refractivity contribution is 5.93. The Morgan fingerprint density at radius 1 is 0.904 bits per heavy atom. The van der Waals surface area contributed by atoms with Crippen LogP contribution < -0.4 is 20.7 Å².